The van der Waals surface area contributed by atoms with Gasteiger partial charge in [-0.15, -0.1) is 0 Å². The molecule has 0 aromatic carbocycles. The Labute approximate surface area is 230 Å². The molecule has 1 rings (SSSR count). The molecule has 1 heterocycles. The Balaban J connectivity index is 1.94. The fourth-order valence-electron chi connectivity index (χ4n) is 4.41. The van der Waals surface area contributed by atoms with Crippen LogP contribution in [0.1, 0.15) is 122 Å². The average Bonchev–Trinajstić information content (AvgIpc) is 2.89. The monoisotopic (exact) mass is 559 g/mol. The Hall–Kier alpha value is -1.25. The Morgan fingerprint density at radius 1 is 0.895 bits per heavy atom. The van der Waals surface area contributed by atoms with Gasteiger partial charge in [0.25, 0.3) is 0 Å². The molecule has 0 bridgehead atoms. The van der Waals surface area contributed by atoms with Crippen molar-refractivity contribution in [2.24, 2.45) is 0 Å². The average molecular weight is 560 g/mol. The van der Waals surface area contributed by atoms with Crippen molar-refractivity contribution in [2.45, 2.75) is 135 Å². The predicted molar refractivity (Wildman–Crippen MR) is 154 cm³/mol. The van der Waals surface area contributed by atoms with Crippen LogP contribution >= 0.6 is 7.60 Å². The predicted octanol–water partition coefficient (Wildman–Crippen LogP) is 6.40. The molecule has 2 atom stereocenters. The van der Waals surface area contributed by atoms with Gasteiger partial charge in [0.2, 0.25) is 0 Å². The van der Waals surface area contributed by atoms with Gasteiger partial charge in [-0.1, -0.05) is 116 Å². The van der Waals surface area contributed by atoms with Crippen LogP contribution in [-0.2, 0) is 20.4 Å². The first-order valence-electron chi connectivity index (χ1n) is 14.9. The van der Waals surface area contributed by atoms with E-state index in [1.54, 1.807) is 0 Å². The number of hydrogen-bond acceptors (Lipinski definition) is 7. The van der Waals surface area contributed by atoms with Gasteiger partial charge in [-0.2, -0.15) is 4.98 Å². The van der Waals surface area contributed by atoms with E-state index in [1.165, 1.54) is 113 Å². The Bertz CT molecular complexity index is 807. The first-order chi connectivity index (χ1) is 18.4. The molecule has 1 unspecified atom stereocenters. The number of aromatic nitrogens is 2. The summed E-state index contributed by atoms with van der Waals surface area (Å²) in [7, 11) is -3.93. The zero-order chi connectivity index (χ0) is 27.9. The van der Waals surface area contributed by atoms with Gasteiger partial charge in [-0.25, -0.2) is 4.79 Å². The minimum Gasteiger partial charge on any atom is -0.394 e. The lowest BCUT2D eigenvalue weighted by atomic mass is 10.0. The van der Waals surface area contributed by atoms with Gasteiger partial charge >= 0.3 is 13.3 Å². The molecular formula is C28H54N3O6P. The van der Waals surface area contributed by atoms with Crippen LogP contribution in [0, 0.1) is 0 Å². The van der Waals surface area contributed by atoms with Crippen molar-refractivity contribution in [3.8, 4) is 0 Å². The van der Waals surface area contributed by atoms with Crippen LogP contribution in [0.3, 0.4) is 0 Å². The molecule has 9 nitrogen and oxygen atoms in total. The smallest absolute Gasteiger partial charge is 0.353 e. The summed E-state index contributed by atoms with van der Waals surface area (Å²) in [5.41, 5.74) is 4.88. The molecule has 0 amide bonds. The number of aliphatic hydroxyl groups excluding tert-OH is 1. The number of aliphatic hydroxyl groups is 1. The highest BCUT2D eigenvalue weighted by molar-refractivity contribution is 7.52. The molecule has 0 fully saturated rings. The molecule has 4 N–H and O–H groups in total. The first kappa shape index (κ1) is 34.8. The summed E-state index contributed by atoms with van der Waals surface area (Å²) in [4.78, 5) is 25.4. The molecule has 222 valence electrons. The van der Waals surface area contributed by atoms with Gasteiger partial charge in [0.05, 0.1) is 25.9 Å². The van der Waals surface area contributed by atoms with Crippen LogP contribution < -0.4 is 11.4 Å². The molecule has 0 saturated carbocycles. The molecule has 1 aromatic heterocycles. The number of hydrogen-bond donors (Lipinski definition) is 3. The molecular weight excluding hydrogens is 505 g/mol. The van der Waals surface area contributed by atoms with Crippen LogP contribution in [0.4, 0.5) is 5.82 Å². The van der Waals surface area contributed by atoms with E-state index in [9.17, 15) is 19.4 Å². The maximum Gasteiger partial charge on any atom is 0.353 e. The second-order valence-electron chi connectivity index (χ2n) is 10.4. The summed E-state index contributed by atoms with van der Waals surface area (Å²) < 4.78 is 23.9. The maximum absolute atomic E-state index is 12.2. The van der Waals surface area contributed by atoms with Gasteiger partial charge in [0, 0.05) is 6.20 Å². The van der Waals surface area contributed by atoms with Crippen LogP contribution in [0.25, 0.3) is 0 Å². The van der Waals surface area contributed by atoms with E-state index in [-0.39, 0.29) is 19.0 Å². The molecule has 10 heteroatoms. The number of nitrogens with two attached hydrogens (primary N) is 1. The summed E-state index contributed by atoms with van der Waals surface area (Å²) in [6.07, 6.45) is 23.2. The van der Waals surface area contributed by atoms with E-state index in [4.69, 9.17) is 15.0 Å². The summed E-state index contributed by atoms with van der Waals surface area (Å²) in [5, 5.41) is 9.48. The molecule has 0 radical (unpaired) electrons. The quantitative estimate of drug-likeness (QED) is 0.0875. The highest BCUT2D eigenvalue weighted by Gasteiger charge is 2.22. The van der Waals surface area contributed by atoms with Crippen molar-refractivity contribution in [1.29, 1.82) is 0 Å². The molecule has 0 saturated heterocycles. The van der Waals surface area contributed by atoms with Crippen LogP contribution in [-0.4, -0.2) is 45.2 Å². The molecule has 0 spiro atoms. The van der Waals surface area contributed by atoms with E-state index in [2.05, 4.69) is 11.9 Å². The molecule has 38 heavy (non-hydrogen) atoms. The van der Waals surface area contributed by atoms with Crippen molar-refractivity contribution in [3.63, 3.8) is 0 Å². The van der Waals surface area contributed by atoms with Gasteiger partial charge in [0.15, 0.2) is 0 Å². The summed E-state index contributed by atoms with van der Waals surface area (Å²) in [5.74, 6) is 0.0977. The van der Waals surface area contributed by atoms with Crippen molar-refractivity contribution in [2.75, 3.05) is 25.3 Å². The van der Waals surface area contributed by atoms with Crippen LogP contribution in [0.5, 0.6) is 0 Å². The van der Waals surface area contributed by atoms with E-state index in [1.807, 2.05) is 0 Å². The minimum atomic E-state index is -3.93. The summed E-state index contributed by atoms with van der Waals surface area (Å²) in [6.45, 7) is 2.03. The number of anilines is 1. The highest BCUT2D eigenvalue weighted by Crippen LogP contribution is 2.42. The first-order valence-corrected chi connectivity index (χ1v) is 16.7. The fourth-order valence-corrected chi connectivity index (χ4v) is 5.30. The van der Waals surface area contributed by atoms with Crippen molar-refractivity contribution >= 4 is 13.4 Å². The van der Waals surface area contributed by atoms with Gasteiger partial charge in [0.1, 0.15) is 12.2 Å². The van der Waals surface area contributed by atoms with Crippen molar-refractivity contribution < 1.29 is 23.8 Å². The molecule has 1 aromatic rings. The SMILES string of the molecule is CCCCCCCCCCCCCCCCCCCCOP(=O)(O)CO[C@H](CO)Cn1ccc(N)nc1=O. The lowest BCUT2D eigenvalue weighted by Crippen LogP contribution is -2.32. The fraction of sp³-hybridized carbons (Fsp3) is 0.857. The Kier molecular flexibility index (Phi) is 20.6. The van der Waals surface area contributed by atoms with Crippen LogP contribution in [0.2, 0.25) is 0 Å². The van der Waals surface area contributed by atoms with Gasteiger partial charge < -0.3 is 25.0 Å². The van der Waals surface area contributed by atoms with E-state index < -0.39 is 32.3 Å². The zero-order valence-electron chi connectivity index (χ0n) is 23.7. The second-order valence-corrected chi connectivity index (χ2v) is 12.2. The van der Waals surface area contributed by atoms with Crippen LogP contribution in [0.15, 0.2) is 17.1 Å². The molecule has 0 aliphatic carbocycles. The minimum absolute atomic E-state index is 0.0120. The number of rotatable bonds is 26. The number of unbranched alkanes of at least 4 members (excludes halogenated alkanes) is 17. The van der Waals surface area contributed by atoms with E-state index >= 15 is 0 Å². The molecule has 0 aliphatic heterocycles. The second kappa shape index (κ2) is 22.6. The maximum atomic E-state index is 12.2. The largest absolute Gasteiger partial charge is 0.394 e. The summed E-state index contributed by atoms with van der Waals surface area (Å²) >= 11 is 0. The number of nitrogens with zero attached hydrogens (tertiary/aromatic N) is 2. The van der Waals surface area contributed by atoms with Gasteiger partial charge in [-0.3, -0.25) is 9.13 Å². The highest BCUT2D eigenvalue weighted by atomic mass is 31.2. The van der Waals surface area contributed by atoms with Crippen molar-refractivity contribution in [3.05, 3.63) is 22.7 Å². The Morgan fingerprint density at radius 2 is 1.37 bits per heavy atom. The number of ether oxygens (including phenoxy) is 1. The molecule has 0 aliphatic rings. The third-order valence-corrected chi connectivity index (χ3v) is 7.83. The van der Waals surface area contributed by atoms with E-state index in [0.717, 1.165) is 19.3 Å². The van der Waals surface area contributed by atoms with E-state index in [0.29, 0.717) is 0 Å². The zero-order valence-corrected chi connectivity index (χ0v) is 24.6. The lowest BCUT2D eigenvalue weighted by Gasteiger charge is -2.19. The third-order valence-electron chi connectivity index (χ3n) is 6.76. The standard InChI is InChI=1S/C28H54N3O6P/c1-2-3-4-5-6-7-8-9-10-11-12-13-14-15-16-17-18-19-22-37-38(34,35)25-36-26(24-32)23-31-21-20-27(29)30-28(31)33/h20-21,26,32H,2-19,22-25H2,1H3,(H,34,35)(H2,29,30,33)/t26-/m0/s1. The summed E-state index contributed by atoms with van der Waals surface area (Å²) in [6, 6.07) is 1.45. The lowest BCUT2D eigenvalue weighted by molar-refractivity contribution is 0.0167. The Morgan fingerprint density at radius 3 is 1.82 bits per heavy atom. The normalized spacial score (nSPS) is 14.0. The third kappa shape index (κ3) is 18.9. The number of nitrogen functional groups attached to an aromatic ring is 1. The topological polar surface area (TPSA) is 137 Å². The van der Waals surface area contributed by atoms with Gasteiger partial charge in [-0.05, 0) is 12.5 Å². The van der Waals surface area contributed by atoms with Crippen molar-refractivity contribution in [1.82, 2.24) is 9.55 Å².